The number of nitrogens with one attached hydrogen (secondary N) is 2. The third-order valence-corrected chi connectivity index (χ3v) is 3.29. The molecule has 0 radical (unpaired) electrons. The normalized spacial score (nSPS) is 11.0. The van der Waals surface area contributed by atoms with Crippen molar-refractivity contribution in [3.63, 3.8) is 0 Å². The maximum atomic E-state index is 11.6. The molecule has 0 unspecified atom stereocenters. The van der Waals surface area contributed by atoms with Crippen molar-refractivity contribution >= 4 is 11.4 Å². The molecule has 1 aromatic carbocycles. The van der Waals surface area contributed by atoms with E-state index in [1.165, 1.54) is 0 Å². The Kier molecular flexibility index (Phi) is 5.10. The zero-order valence-corrected chi connectivity index (χ0v) is 12.3. The zero-order valence-electron chi connectivity index (χ0n) is 12.3. The van der Waals surface area contributed by atoms with E-state index in [0.717, 1.165) is 12.1 Å². The lowest BCUT2D eigenvalue weighted by Crippen LogP contribution is -2.38. The highest BCUT2D eigenvalue weighted by Gasteiger charge is 2.19. The van der Waals surface area contributed by atoms with E-state index in [1.54, 1.807) is 13.3 Å². The number of rotatable bonds is 9. The first kappa shape index (κ1) is 15.2. The molecule has 0 bridgehead atoms. The summed E-state index contributed by atoms with van der Waals surface area (Å²) in [7, 11) is 1.63. The predicted octanol–water partition coefficient (Wildman–Crippen LogP) is 0.348. The molecule has 21 heavy (non-hydrogen) atoms. The first-order chi connectivity index (χ1) is 10.1. The Labute approximate surface area is 122 Å². The van der Waals surface area contributed by atoms with Gasteiger partial charge in [0.15, 0.2) is 0 Å². The average molecular weight is 292 g/mol. The number of hydrogen-bond donors (Lipinski definition) is 2. The number of aryl methyl sites for hydroxylation is 1. The summed E-state index contributed by atoms with van der Waals surface area (Å²) in [5.74, 6) is 0. The van der Waals surface area contributed by atoms with Crippen LogP contribution in [-0.4, -0.2) is 36.6 Å². The second kappa shape index (κ2) is 7.03. The van der Waals surface area contributed by atoms with Crippen molar-refractivity contribution in [3.8, 4) is 0 Å². The third kappa shape index (κ3) is 3.49. The van der Waals surface area contributed by atoms with Crippen LogP contribution in [0.2, 0.25) is 0 Å². The third-order valence-electron chi connectivity index (χ3n) is 3.29. The lowest BCUT2D eigenvalue weighted by Gasteiger charge is -2.15. The highest BCUT2D eigenvalue weighted by atomic mass is 16.5. The van der Waals surface area contributed by atoms with Gasteiger partial charge in [-0.1, -0.05) is 0 Å². The molecule has 2 N–H and O–H groups in total. The lowest BCUT2D eigenvalue weighted by molar-refractivity contribution is 0.198. The fourth-order valence-corrected chi connectivity index (χ4v) is 2.08. The van der Waals surface area contributed by atoms with Crippen molar-refractivity contribution in [1.29, 1.82) is 0 Å². The van der Waals surface area contributed by atoms with Gasteiger partial charge in [0.2, 0.25) is 0 Å². The predicted molar refractivity (Wildman–Crippen MR) is 81.8 cm³/mol. The second-order valence-electron chi connectivity index (χ2n) is 4.80. The number of anilines is 2. The number of nitrogens with zero attached hydrogens (tertiary/aromatic N) is 2. The van der Waals surface area contributed by atoms with Gasteiger partial charge in [-0.3, -0.25) is 14.3 Å². The van der Waals surface area contributed by atoms with E-state index in [4.69, 9.17) is 4.74 Å². The van der Waals surface area contributed by atoms with Crippen molar-refractivity contribution in [2.75, 3.05) is 37.4 Å². The second-order valence-corrected chi connectivity index (χ2v) is 4.80. The lowest BCUT2D eigenvalue weighted by atomic mass is 10.2. The maximum Gasteiger partial charge on any atom is 0.253 e. The first-order valence-corrected chi connectivity index (χ1v) is 6.93. The van der Waals surface area contributed by atoms with E-state index in [2.05, 4.69) is 15.7 Å². The minimum absolute atomic E-state index is 0.377. The van der Waals surface area contributed by atoms with Crippen molar-refractivity contribution in [2.24, 2.45) is 0 Å². The van der Waals surface area contributed by atoms with Gasteiger partial charge in [0.25, 0.3) is 10.9 Å². The molecule has 0 spiro atoms. The van der Waals surface area contributed by atoms with Crippen molar-refractivity contribution < 1.29 is 4.74 Å². The molecular weight excluding hydrogens is 272 g/mol. The van der Waals surface area contributed by atoms with Crippen LogP contribution in [0.1, 0.15) is 12.1 Å². The molecule has 0 amide bonds. The summed E-state index contributed by atoms with van der Waals surface area (Å²) in [5, 5.41) is 10.2. The molecule has 0 atom stereocenters. The van der Waals surface area contributed by atoms with Crippen LogP contribution in [-0.2, 0) is 11.3 Å². The van der Waals surface area contributed by atoms with Crippen LogP contribution in [0.25, 0.3) is 0 Å². The Hall–Kier alpha value is -2.15. The molecule has 2 aromatic rings. The number of hydrogen-bond acceptors (Lipinski definition) is 6. The Bertz CT molecular complexity index is 655. The quantitative estimate of drug-likeness (QED) is 0.512. The molecule has 2 rings (SSSR count). The van der Waals surface area contributed by atoms with E-state index in [-0.39, 0.29) is 0 Å². The van der Waals surface area contributed by atoms with E-state index >= 15 is 0 Å². The van der Waals surface area contributed by atoms with Crippen LogP contribution in [0.15, 0.2) is 21.9 Å². The minimum Gasteiger partial charge on any atom is -0.385 e. The van der Waals surface area contributed by atoms with E-state index in [9.17, 15) is 9.59 Å². The fraction of sp³-hybridized carbons (Fsp3) is 0.500. The van der Waals surface area contributed by atoms with Gasteiger partial charge in [-0.05, 0) is 19.4 Å². The van der Waals surface area contributed by atoms with Gasteiger partial charge in [0, 0.05) is 38.7 Å². The van der Waals surface area contributed by atoms with E-state index < -0.39 is 10.9 Å². The summed E-state index contributed by atoms with van der Waals surface area (Å²) in [6.45, 7) is 4.36. The van der Waals surface area contributed by atoms with E-state index in [1.807, 2.05) is 17.7 Å². The van der Waals surface area contributed by atoms with Crippen LogP contribution in [0.4, 0.5) is 11.4 Å². The van der Waals surface area contributed by atoms with E-state index in [0.29, 0.717) is 37.6 Å². The molecule has 0 saturated heterocycles. The summed E-state index contributed by atoms with van der Waals surface area (Å²) in [6.07, 6.45) is 2.51. The molecule has 114 valence electrons. The van der Waals surface area contributed by atoms with Crippen LogP contribution in [0, 0.1) is 6.92 Å². The molecule has 7 heteroatoms. The van der Waals surface area contributed by atoms with Gasteiger partial charge < -0.3 is 15.4 Å². The summed E-state index contributed by atoms with van der Waals surface area (Å²) in [6, 6.07) is 1.92. The highest BCUT2D eigenvalue weighted by Crippen LogP contribution is 2.13. The summed E-state index contributed by atoms with van der Waals surface area (Å²) in [5.41, 5.74) is 0.904. The average Bonchev–Trinajstić information content (AvgIpc) is 2.89. The smallest absolute Gasteiger partial charge is 0.253 e. The Morgan fingerprint density at radius 2 is 1.86 bits per heavy atom. The topological polar surface area (TPSA) is 85.2 Å². The minimum atomic E-state index is -0.457. The summed E-state index contributed by atoms with van der Waals surface area (Å²) >= 11 is 0. The summed E-state index contributed by atoms with van der Waals surface area (Å²) < 4.78 is 6.77. The number of methoxy groups -OCH3 is 1. The Morgan fingerprint density at radius 3 is 2.43 bits per heavy atom. The van der Waals surface area contributed by atoms with Crippen LogP contribution < -0.4 is 21.5 Å². The molecule has 0 fully saturated rings. The molecule has 0 aliphatic carbocycles. The molecule has 1 aromatic heterocycles. The van der Waals surface area contributed by atoms with Crippen molar-refractivity contribution in [2.45, 2.75) is 19.9 Å². The fourth-order valence-electron chi connectivity index (χ4n) is 2.08. The van der Waals surface area contributed by atoms with Crippen LogP contribution in [0.5, 0.6) is 0 Å². The zero-order chi connectivity index (χ0) is 15.2. The number of aromatic nitrogens is 2. The molecule has 0 aliphatic heterocycles. The molecular formula is C14H20N4O3. The van der Waals surface area contributed by atoms with Gasteiger partial charge >= 0.3 is 0 Å². The van der Waals surface area contributed by atoms with Gasteiger partial charge in [0.05, 0.1) is 6.54 Å². The van der Waals surface area contributed by atoms with Crippen LogP contribution >= 0.6 is 0 Å². The van der Waals surface area contributed by atoms with Gasteiger partial charge in [0.1, 0.15) is 11.4 Å². The van der Waals surface area contributed by atoms with Crippen molar-refractivity contribution in [3.05, 3.63) is 38.4 Å². The molecule has 7 nitrogen and oxygen atoms in total. The molecule has 0 saturated carbocycles. The standard InChI is InChI=1S/C14H20N4O3/c1-10-4-6-17-18(10)8-7-16-12-11(13(19)14(12)20)15-5-3-9-21-2/h4,6,15-16H,3,5,7-9H2,1-2H3. The monoisotopic (exact) mass is 292 g/mol. The van der Waals surface area contributed by atoms with Gasteiger partial charge in [-0.15, -0.1) is 0 Å². The largest absolute Gasteiger partial charge is 0.385 e. The molecule has 1 heterocycles. The molecule has 0 aliphatic rings. The maximum absolute atomic E-state index is 11.6. The van der Waals surface area contributed by atoms with Gasteiger partial charge in [-0.2, -0.15) is 5.10 Å². The van der Waals surface area contributed by atoms with Crippen LogP contribution in [0.3, 0.4) is 0 Å². The Balaban J connectivity index is 1.85. The Morgan fingerprint density at radius 1 is 1.19 bits per heavy atom. The SMILES string of the molecule is COCCCNc1c(NCCn2nccc2C)c(=O)c1=O. The highest BCUT2D eigenvalue weighted by molar-refractivity contribution is 5.73. The first-order valence-electron chi connectivity index (χ1n) is 6.93. The van der Waals surface area contributed by atoms with Crippen molar-refractivity contribution in [1.82, 2.24) is 9.78 Å². The summed E-state index contributed by atoms with van der Waals surface area (Å²) in [4.78, 5) is 23.1. The van der Waals surface area contributed by atoms with Gasteiger partial charge in [-0.25, -0.2) is 0 Å². The number of ether oxygens (including phenoxy) is 1.